The van der Waals surface area contributed by atoms with E-state index in [9.17, 15) is 8.42 Å². The summed E-state index contributed by atoms with van der Waals surface area (Å²) in [5.41, 5.74) is 6.22. The second kappa shape index (κ2) is 5.09. The fraction of sp³-hybridized carbons (Fsp3) is 0.500. The summed E-state index contributed by atoms with van der Waals surface area (Å²) in [4.78, 5) is 0.613. The first kappa shape index (κ1) is 14.0. The zero-order valence-corrected chi connectivity index (χ0v) is 12.8. The number of fused-ring (bicyclic) bond motifs is 1. The molecule has 0 spiro atoms. The molecule has 0 bridgehead atoms. The molecule has 3 rings (SSSR count). The average molecular weight is 310 g/mol. The van der Waals surface area contributed by atoms with E-state index in [1.807, 2.05) is 0 Å². The molecule has 1 heterocycles. The highest BCUT2D eigenvalue weighted by atomic mass is 32.2. The van der Waals surface area contributed by atoms with E-state index in [1.165, 1.54) is 6.42 Å². The Balaban J connectivity index is 1.83. The number of hydrogen-bond acceptors (Lipinski definition) is 3. The maximum Gasteiger partial charge on any atom is 0.243 e. The standard InChI is InChI=1S/C14H18N2O2S2/c15-14(19)10-4-6-13(7-5-10)20(17,18)16-8-11-2-1-3-12(11)9-16/h4-7,11-12H,1-3,8-9H2,(H2,15,19). The van der Waals surface area contributed by atoms with Crippen molar-refractivity contribution in [3.05, 3.63) is 29.8 Å². The van der Waals surface area contributed by atoms with Gasteiger partial charge >= 0.3 is 0 Å². The lowest BCUT2D eigenvalue weighted by Crippen LogP contribution is -2.29. The van der Waals surface area contributed by atoms with Crippen molar-refractivity contribution >= 4 is 27.2 Å². The van der Waals surface area contributed by atoms with E-state index in [0.29, 0.717) is 35.4 Å². The van der Waals surface area contributed by atoms with Crippen LogP contribution in [-0.2, 0) is 10.0 Å². The Hall–Kier alpha value is -0.980. The van der Waals surface area contributed by atoms with Crippen LogP contribution in [0.1, 0.15) is 24.8 Å². The molecule has 6 heteroatoms. The van der Waals surface area contributed by atoms with Gasteiger partial charge in [-0.05, 0) is 36.8 Å². The summed E-state index contributed by atoms with van der Waals surface area (Å²) in [5.74, 6) is 1.11. The lowest BCUT2D eigenvalue weighted by Gasteiger charge is -2.17. The molecule has 108 valence electrons. The van der Waals surface area contributed by atoms with Gasteiger partial charge in [-0.15, -0.1) is 0 Å². The molecule has 1 aromatic carbocycles. The number of hydrogen-bond donors (Lipinski definition) is 1. The first-order valence-electron chi connectivity index (χ1n) is 6.88. The maximum absolute atomic E-state index is 12.6. The normalized spacial score (nSPS) is 26.6. The monoisotopic (exact) mass is 310 g/mol. The van der Waals surface area contributed by atoms with Crippen molar-refractivity contribution in [2.24, 2.45) is 17.6 Å². The van der Waals surface area contributed by atoms with Gasteiger partial charge in [0.2, 0.25) is 10.0 Å². The molecule has 1 aliphatic heterocycles. The van der Waals surface area contributed by atoms with Crippen LogP contribution in [0.5, 0.6) is 0 Å². The van der Waals surface area contributed by atoms with E-state index in [4.69, 9.17) is 18.0 Å². The smallest absolute Gasteiger partial charge is 0.243 e. The lowest BCUT2D eigenvalue weighted by molar-refractivity contribution is 0.445. The number of thiocarbonyl (C=S) groups is 1. The Labute approximate surface area is 125 Å². The van der Waals surface area contributed by atoms with Crippen LogP contribution in [0.15, 0.2) is 29.2 Å². The molecule has 2 atom stereocenters. The van der Waals surface area contributed by atoms with Gasteiger partial charge in [-0.25, -0.2) is 8.42 Å². The van der Waals surface area contributed by atoms with E-state index >= 15 is 0 Å². The van der Waals surface area contributed by atoms with E-state index in [0.717, 1.165) is 12.8 Å². The van der Waals surface area contributed by atoms with Gasteiger partial charge < -0.3 is 5.73 Å². The number of sulfonamides is 1. The Morgan fingerprint density at radius 3 is 2.20 bits per heavy atom. The van der Waals surface area contributed by atoms with Crippen LogP contribution in [0.2, 0.25) is 0 Å². The van der Waals surface area contributed by atoms with Gasteiger partial charge in [0, 0.05) is 18.7 Å². The van der Waals surface area contributed by atoms with E-state index < -0.39 is 10.0 Å². The lowest BCUT2D eigenvalue weighted by atomic mass is 10.0. The van der Waals surface area contributed by atoms with Crippen LogP contribution in [0, 0.1) is 11.8 Å². The van der Waals surface area contributed by atoms with Crippen molar-refractivity contribution in [2.45, 2.75) is 24.2 Å². The second-order valence-electron chi connectivity index (χ2n) is 5.66. The Kier molecular flexibility index (Phi) is 3.56. The minimum Gasteiger partial charge on any atom is -0.389 e. The highest BCUT2D eigenvalue weighted by Gasteiger charge is 2.41. The molecule has 2 N–H and O–H groups in total. The molecular weight excluding hydrogens is 292 g/mol. The number of nitrogens with zero attached hydrogens (tertiary/aromatic N) is 1. The van der Waals surface area contributed by atoms with Gasteiger partial charge in [0.1, 0.15) is 4.99 Å². The van der Waals surface area contributed by atoms with Gasteiger partial charge in [0.25, 0.3) is 0 Å². The van der Waals surface area contributed by atoms with E-state index in [1.54, 1.807) is 28.6 Å². The molecule has 0 aromatic heterocycles. The molecule has 2 aliphatic rings. The SMILES string of the molecule is NC(=S)c1ccc(S(=O)(=O)N2CC3CCCC3C2)cc1. The van der Waals surface area contributed by atoms with Crippen molar-refractivity contribution in [3.63, 3.8) is 0 Å². The summed E-state index contributed by atoms with van der Waals surface area (Å²) >= 11 is 4.88. The Bertz CT molecular complexity index is 613. The third kappa shape index (κ3) is 2.36. The molecule has 0 radical (unpaired) electrons. The zero-order chi connectivity index (χ0) is 14.3. The van der Waals surface area contributed by atoms with Crippen LogP contribution in [0.25, 0.3) is 0 Å². The summed E-state index contributed by atoms with van der Waals surface area (Å²) in [6.45, 7) is 1.34. The van der Waals surface area contributed by atoms with Crippen LogP contribution in [-0.4, -0.2) is 30.8 Å². The highest BCUT2D eigenvalue weighted by Crippen LogP contribution is 2.39. The van der Waals surface area contributed by atoms with Crippen LogP contribution < -0.4 is 5.73 Å². The summed E-state index contributed by atoms with van der Waals surface area (Å²) < 4.78 is 26.9. The Morgan fingerprint density at radius 2 is 1.70 bits per heavy atom. The molecule has 4 nitrogen and oxygen atoms in total. The van der Waals surface area contributed by atoms with Crippen molar-refractivity contribution in [1.82, 2.24) is 4.31 Å². The van der Waals surface area contributed by atoms with Gasteiger partial charge in [-0.2, -0.15) is 4.31 Å². The number of nitrogens with two attached hydrogens (primary N) is 1. The molecule has 1 aromatic rings. The predicted molar refractivity (Wildman–Crippen MR) is 81.9 cm³/mol. The van der Waals surface area contributed by atoms with Gasteiger partial charge in [0.15, 0.2) is 0 Å². The second-order valence-corrected chi connectivity index (χ2v) is 8.04. The third-order valence-corrected chi connectivity index (χ3v) is 6.55. The largest absolute Gasteiger partial charge is 0.389 e. The van der Waals surface area contributed by atoms with Crippen molar-refractivity contribution in [3.8, 4) is 0 Å². The fourth-order valence-corrected chi connectivity index (χ4v) is 5.02. The van der Waals surface area contributed by atoms with E-state index in [-0.39, 0.29) is 4.99 Å². The maximum atomic E-state index is 12.6. The molecule has 2 fully saturated rings. The predicted octanol–water partition coefficient (Wildman–Crippen LogP) is 1.74. The first-order valence-corrected chi connectivity index (χ1v) is 8.73. The molecule has 1 saturated heterocycles. The highest BCUT2D eigenvalue weighted by molar-refractivity contribution is 7.89. The summed E-state index contributed by atoms with van der Waals surface area (Å²) in [5, 5.41) is 0. The van der Waals surface area contributed by atoms with E-state index in [2.05, 4.69) is 0 Å². The van der Waals surface area contributed by atoms with Crippen LogP contribution in [0.3, 0.4) is 0 Å². The molecule has 1 aliphatic carbocycles. The average Bonchev–Trinajstić information content (AvgIpc) is 2.99. The molecule has 1 saturated carbocycles. The van der Waals surface area contributed by atoms with Crippen LogP contribution in [0.4, 0.5) is 0 Å². The summed E-state index contributed by atoms with van der Waals surface area (Å²) in [6, 6.07) is 6.54. The first-order chi connectivity index (χ1) is 9.48. The minimum atomic E-state index is -3.37. The van der Waals surface area contributed by atoms with Crippen molar-refractivity contribution < 1.29 is 8.42 Å². The quantitative estimate of drug-likeness (QED) is 0.864. The third-order valence-electron chi connectivity index (χ3n) is 4.47. The fourth-order valence-electron chi connectivity index (χ4n) is 3.33. The zero-order valence-electron chi connectivity index (χ0n) is 11.2. The topological polar surface area (TPSA) is 63.4 Å². The minimum absolute atomic E-state index is 0.282. The molecular formula is C14H18N2O2S2. The van der Waals surface area contributed by atoms with Crippen molar-refractivity contribution in [2.75, 3.05) is 13.1 Å². The number of rotatable bonds is 3. The summed E-state index contributed by atoms with van der Waals surface area (Å²) in [7, 11) is -3.37. The van der Waals surface area contributed by atoms with Gasteiger partial charge in [0.05, 0.1) is 4.90 Å². The molecule has 20 heavy (non-hydrogen) atoms. The van der Waals surface area contributed by atoms with Crippen LogP contribution >= 0.6 is 12.2 Å². The Morgan fingerprint density at radius 1 is 1.15 bits per heavy atom. The van der Waals surface area contributed by atoms with Gasteiger partial charge in [-0.1, -0.05) is 30.8 Å². The molecule has 2 unspecified atom stereocenters. The molecule has 0 amide bonds. The van der Waals surface area contributed by atoms with Crippen molar-refractivity contribution in [1.29, 1.82) is 0 Å². The summed E-state index contributed by atoms with van der Waals surface area (Å²) in [6.07, 6.45) is 3.57. The number of benzene rings is 1. The van der Waals surface area contributed by atoms with Gasteiger partial charge in [-0.3, -0.25) is 0 Å².